The third kappa shape index (κ3) is 4.06. The number of carboxylic acid groups (broad SMARTS) is 1. The Morgan fingerprint density at radius 1 is 1.21 bits per heavy atom. The fourth-order valence-electron chi connectivity index (χ4n) is 1.67. The topological polar surface area (TPSA) is 78.4 Å². The summed E-state index contributed by atoms with van der Waals surface area (Å²) in [5, 5.41) is 14.7. The molecule has 1 amide bonds. The highest BCUT2D eigenvalue weighted by atomic mass is 16.4. The standard InChI is InChI=1S/C14H20N2O3/c1-9(10(2)14(18)19)13(17)16-12-7-5-4-6-11(12)8-15-3/h4-7,9-10,15H,8H2,1-3H3,(H,16,17)(H,18,19). The lowest BCUT2D eigenvalue weighted by Crippen LogP contribution is -2.30. The van der Waals surface area contributed by atoms with E-state index in [0.717, 1.165) is 5.56 Å². The van der Waals surface area contributed by atoms with E-state index < -0.39 is 17.8 Å². The van der Waals surface area contributed by atoms with Crippen LogP contribution in [0.5, 0.6) is 0 Å². The number of nitrogens with one attached hydrogen (secondary N) is 2. The number of para-hydroxylation sites is 1. The van der Waals surface area contributed by atoms with Crippen molar-refractivity contribution in [1.29, 1.82) is 0 Å². The first kappa shape index (κ1) is 15.2. The summed E-state index contributed by atoms with van der Waals surface area (Å²) in [6.07, 6.45) is 0. The number of hydrogen-bond acceptors (Lipinski definition) is 3. The number of amides is 1. The van der Waals surface area contributed by atoms with Crippen LogP contribution in [0.2, 0.25) is 0 Å². The highest BCUT2D eigenvalue weighted by molar-refractivity contribution is 5.95. The average molecular weight is 264 g/mol. The van der Waals surface area contributed by atoms with Gasteiger partial charge in [0.25, 0.3) is 0 Å². The smallest absolute Gasteiger partial charge is 0.307 e. The largest absolute Gasteiger partial charge is 0.481 e. The lowest BCUT2D eigenvalue weighted by molar-refractivity contribution is -0.145. The van der Waals surface area contributed by atoms with E-state index in [1.807, 2.05) is 31.3 Å². The van der Waals surface area contributed by atoms with Gasteiger partial charge in [0.2, 0.25) is 5.91 Å². The molecule has 0 aromatic heterocycles. The third-order valence-electron chi connectivity index (χ3n) is 3.20. The molecule has 0 spiro atoms. The third-order valence-corrected chi connectivity index (χ3v) is 3.20. The van der Waals surface area contributed by atoms with Crippen LogP contribution in [0.3, 0.4) is 0 Å². The molecule has 0 heterocycles. The van der Waals surface area contributed by atoms with Gasteiger partial charge in [-0.15, -0.1) is 0 Å². The molecule has 104 valence electrons. The minimum absolute atomic E-state index is 0.279. The summed E-state index contributed by atoms with van der Waals surface area (Å²) in [6.45, 7) is 3.79. The highest BCUT2D eigenvalue weighted by Gasteiger charge is 2.26. The Balaban J connectivity index is 2.79. The number of aliphatic carboxylic acids is 1. The zero-order valence-electron chi connectivity index (χ0n) is 11.4. The summed E-state index contributed by atoms with van der Waals surface area (Å²) in [5.41, 5.74) is 1.68. The number of benzene rings is 1. The number of carbonyl (C=O) groups excluding carboxylic acids is 1. The first-order valence-corrected chi connectivity index (χ1v) is 6.23. The van der Waals surface area contributed by atoms with Gasteiger partial charge in [-0.1, -0.05) is 32.0 Å². The van der Waals surface area contributed by atoms with Crippen LogP contribution in [0.4, 0.5) is 5.69 Å². The van der Waals surface area contributed by atoms with E-state index in [-0.39, 0.29) is 5.91 Å². The van der Waals surface area contributed by atoms with Crippen LogP contribution in [0.25, 0.3) is 0 Å². The molecule has 1 rings (SSSR count). The van der Waals surface area contributed by atoms with E-state index in [1.54, 1.807) is 6.92 Å². The molecule has 0 saturated heterocycles. The molecule has 5 nitrogen and oxygen atoms in total. The predicted octanol–water partition coefficient (Wildman–Crippen LogP) is 1.70. The van der Waals surface area contributed by atoms with Gasteiger partial charge in [0, 0.05) is 18.2 Å². The molecule has 2 unspecified atom stereocenters. The molecular formula is C14H20N2O3. The Morgan fingerprint density at radius 2 is 1.84 bits per heavy atom. The first-order chi connectivity index (χ1) is 8.97. The lowest BCUT2D eigenvalue weighted by Gasteiger charge is -2.17. The molecule has 0 bridgehead atoms. The van der Waals surface area contributed by atoms with Gasteiger partial charge in [-0.05, 0) is 18.7 Å². The Hall–Kier alpha value is -1.88. The number of carbonyl (C=O) groups is 2. The minimum atomic E-state index is -0.967. The van der Waals surface area contributed by atoms with Gasteiger partial charge in [-0.3, -0.25) is 9.59 Å². The van der Waals surface area contributed by atoms with Crippen LogP contribution in [-0.2, 0) is 16.1 Å². The molecule has 3 N–H and O–H groups in total. The number of hydrogen-bond donors (Lipinski definition) is 3. The second-order valence-electron chi connectivity index (χ2n) is 4.59. The molecule has 1 aromatic rings. The quantitative estimate of drug-likeness (QED) is 0.730. The van der Waals surface area contributed by atoms with Crippen molar-refractivity contribution in [3.8, 4) is 0 Å². The SMILES string of the molecule is CNCc1ccccc1NC(=O)C(C)C(C)C(=O)O. The van der Waals surface area contributed by atoms with Crippen molar-refractivity contribution >= 4 is 17.6 Å². The Kier molecular flexibility index (Phi) is 5.51. The molecule has 19 heavy (non-hydrogen) atoms. The normalized spacial score (nSPS) is 13.6. The Bertz CT molecular complexity index is 460. The van der Waals surface area contributed by atoms with Gasteiger partial charge < -0.3 is 15.7 Å². The summed E-state index contributed by atoms with van der Waals surface area (Å²) in [4.78, 5) is 22.9. The van der Waals surface area contributed by atoms with Crippen molar-refractivity contribution in [3.05, 3.63) is 29.8 Å². The maximum absolute atomic E-state index is 12.0. The maximum atomic E-state index is 12.0. The van der Waals surface area contributed by atoms with E-state index in [4.69, 9.17) is 5.11 Å². The van der Waals surface area contributed by atoms with Gasteiger partial charge in [0.05, 0.1) is 5.92 Å². The summed E-state index contributed by atoms with van der Waals surface area (Å²) in [5.74, 6) is -2.54. The molecule has 0 saturated carbocycles. The molecule has 0 radical (unpaired) electrons. The Labute approximate surface area is 113 Å². The van der Waals surface area contributed by atoms with Crippen LogP contribution >= 0.6 is 0 Å². The monoisotopic (exact) mass is 264 g/mol. The summed E-state index contributed by atoms with van der Waals surface area (Å²) in [7, 11) is 1.83. The zero-order chi connectivity index (χ0) is 14.4. The van der Waals surface area contributed by atoms with Gasteiger partial charge in [0.15, 0.2) is 0 Å². The first-order valence-electron chi connectivity index (χ1n) is 6.23. The molecule has 0 fully saturated rings. The molecule has 2 atom stereocenters. The van der Waals surface area contributed by atoms with Crippen LogP contribution < -0.4 is 10.6 Å². The van der Waals surface area contributed by atoms with Crippen LogP contribution in [0.1, 0.15) is 19.4 Å². The van der Waals surface area contributed by atoms with Gasteiger partial charge >= 0.3 is 5.97 Å². The van der Waals surface area contributed by atoms with Crippen LogP contribution in [0, 0.1) is 11.8 Å². The summed E-state index contributed by atoms with van der Waals surface area (Å²) in [6, 6.07) is 7.45. The fraction of sp³-hybridized carbons (Fsp3) is 0.429. The highest BCUT2D eigenvalue weighted by Crippen LogP contribution is 2.18. The van der Waals surface area contributed by atoms with Crippen molar-refractivity contribution in [1.82, 2.24) is 5.32 Å². The average Bonchev–Trinajstić information content (AvgIpc) is 2.39. The maximum Gasteiger partial charge on any atom is 0.307 e. The number of rotatable bonds is 6. The number of carboxylic acids is 1. The van der Waals surface area contributed by atoms with E-state index in [9.17, 15) is 9.59 Å². The van der Waals surface area contributed by atoms with Gasteiger partial charge in [-0.25, -0.2) is 0 Å². The summed E-state index contributed by atoms with van der Waals surface area (Å²) >= 11 is 0. The molecule has 0 aliphatic carbocycles. The van der Waals surface area contributed by atoms with Crippen molar-refractivity contribution in [2.45, 2.75) is 20.4 Å². The molecule has 0 aliphatic rings. The van der Waals surface area contributed by atoms with Crippen LogP contribution in [-0.4, -0.2) is 24.0 Å². The van der Waals surface area contributed by atoms with Crippen molar-refractivity contribution in [2.75, 3.05) is 12.4 Å². The molecule has 5 heteroatoms. The van der Waals surface area contributed by atoms with Gasteiger partial charge in [0.1, 0.15) is 0 Å². The van der Waals surface area contributed by atoms with E-state index in [0.29, 0.717) is 12.2 Å². The molecular weight excluding hydrogens is 244 g/mol. The fourth-order valence-corrected chi connectivity index (χ4v) is 1.67. The lowest BCUT2D eigenvalue weighted by atomic mass is 9.95. The zero-order valence-corrected chi connectivity index (χ0v) is 11.4. The molecule has 1 aromatic carbocycles. The van der Waals surface area contributed by atoms with E-state index in [2.05, 4.69) is 10.6 Å². The number of anilines is 1. The Morgan fingerprint density at radius 3 is 2.42 bits per heavy atom. The van der Waals surface area contributed by atoms with Gasteiger partial charge in [-0.2, -0.15) is 0 Å². The van der Waals surface area contributed by atoms with E-state index >= 15 is 0 Å². The second kappa shape index (κ2) is 6.89. The van der Waals surface area contributed by atoms with Crippen molar-refractivity contribution in [2.24, 2.45) is 11.8 Å². The van der Waals surface area contributed by atoms with Crippen LogP contribution in [0.15, 0.2) is 24.3 Å². The predicted molar refractivity (Wildman–Crippen MR) is 73.8 cm³/mol. The second-order valence-corrected chi connectivity index (χ2v) is 4.59. The minimum Gasteiger partial charge on any atom is -0.481 e. The summed E-state index contributed by atoms with van der Waals surface area (Å²) < 4.78 is 0. The molecule has 0 aliphatic heterocycles. The van der Waals surface area contributed by atoms with E-state index in [1.165, 1.54) is 6.92 Å². The van der Waals surface area contributed by atoms with Crippen molar-refractivity contribution < 1.29 is 14.7 Å². The van der Waals surface area contributed by atoms with Crippen molar-refractivity contribution in [3.63, 3.8) is 0 Å².